The molecule has 0 bridgehead atoms. The van der Waals surface area contributed by atoms with Crippen LogP contribution in [0.5, 0.6) is 0 Å². The topological polar surface area (TPSA) is 52.7 Å². The first kappa shape index (κ1) is 19.7. The molecule has 3 rings (SSSR count). The van der Waals surface area contributed by atoms with Crippen LogP contribution in [0.3, 0.4) is 0 Å². The van der Waals surface area contributed by atoms with Gasteiger partial charge in [0.25, 0.3) is 0 Å². The van der Waals surface area contributed by atoms with E-state index in [0.29, 0.717) is 31.7 Å². The summed E-state index contributed by atoms with van der Waals surface area (Å²) in [7, 11) is 0. The molecule has 1 aromatic rings. The Balaban J connectivity index is 0.00000225. The number of piperidine rings is 1. The Hall–Kier alpha value is -1.66. The highest BCUT2D eigenvalue weighted by Crippen LogP contribution is 2.16. The lowest BCUT2D eigenvalue weighted by atomic mass is 9.98. The summed E-state index contributed by atoms with van der Waals surface area (Å²) in [5, 5.41) is 3.27. The van der Waals surface area contributed by atoms with Gasteiger partial charge in [0, 0.05) is 32.7 Å². The van der Waals surface area contributed by atoms with Gasteiger partial charge in [0.1, 0.15) is 5.82 Å². The summed E-state index contributed by atoms with van der Waals surface area (Å²) in [4.78, 5) is 28.4. The number of carbonyl (C=O) groups is 2. The number of rotatable bonds is 3. The quantitative estimate of drug-likeness (QED) is 0.877. The number of hydrogen-bond donors (Lipinski definition) is 1. The van der Waals surface area contributed by atoms with E-state index in [9.17, 15) is 14.0 Å². The van der Waals surface area contributed by atoms with Crippen LogP contribution in [-0.4, -0.2) is 60.9 Å². The van der Waals surface area contributed by atoms with Gasteiger partial charge < -0.3 is 15.1 Å². The predicted octanol–water partition coefficient (Wildman–Crippen LogP) is 1.46. The number of halogens is 2. The average molecular weight is 370 g/mol. The summed E-state index contributed by atoms with van der Waals surface area (Å²) in [5.74, 6) is -0.154. The highest BCUT2D eigenvalue weighted by Gasteiger charge is 2.29. The molecule has 2 amide bonds. The molecular formula is C18H25ClFN3O2. The van der Waals surface area contributed by atoms with E-state index >= 15 is 0 Å². The summed E-state index contributed by atoms with van der Waals surface area (Å²) in [6, 6.07) is 6.37. The number of amides is 2. The van der Waals surface area contributed by atoms with E-state index in [1.807, 2.05) is 4.90 Å². The molecule has 2 saturated heterocycles. The molecule has 7 heteroatoms. The van der Waals surface area contributed by atoms with Gasteiger partial charge in [-0.2, -0.15) is 0 Å². The summed E-state index contributed by atoms with van der Waals surface area (Å²) >= 11 is 0. The van der Waals surface area contributed by atoms with Gasteiger partial charge in [0.2, 0.25) is 11.8 Å². The van der Waals surface area contributed by atoms with E-state index in [-0.39, 0.29) is 42.4 Å². The van der Waals surface area contributed by atoms with Crippen molar-refractivity contribution >= 4 is 24.2 Å². The number of nitrogens with zero attached hydrogens (tertiary/aromatic N) is 2. The minimum absolute atomic E-state index is 0. The van der Waals surface area contributed by atoms with Gasteiger partial charge in [-0.1, -0.05) is 18.2 Å². The van der Waals surface area contributed by atoms with Gasteiger partial charge in [0.15, 0.2) is 0 Å². The van der Waals surface area contributed by atoms with Gasteiger partial charge >= 0.3 is 0 Å². The fraction of sp³-hybridized carbons (Fsp3) is 0.556. The Kier molecular flexibility index (Phi) is 7.20. The molecule has 1 atom stereocenters. The molecule has 0 aliphatic carbocycles. The Labute approximate surface area is 154 Å². The molecule has 0 spiro atoms. The SMILES string of the molecule is Cl.O=C(Cc1ccccc1F)N1CCN(C(=O)C2CCCNC2)CC1. The van der Waals surface area contributed by atoms with Gasteiger partial charge in [0.05, 0.1) is 12.3 Å². The second kappa shape index (κ2) is 9.15. The Morgan fingerprint density at radius 2 is 1.80 bits per heavy atom. The zero-order valence-corrected chi connectivity index (χ0v) is 15.1. The number of benzene rings is 1. The summed E-state index contributed by atoms with van der Waals surface area (Å²) in [5.41, 5.74) is 0.425. The monoisotopic (exact) mass is 369 g/mol. The van der Waals surface area contributed by atoms with Crippen LogP contribution in [0.25, 0.3) is 0 Å². The number of nitrogens with one attached hydrogen (secondary N) is 1. The van der Waals surface area contributed by atoms with Crippen molar-refractivity contribution in [3.63, 3.8) is 0 Å². The van der Waals surface area contributed by atoms with Crippen molar-refractivity contribution in [2.75, 3.05) is 39.3 Å². The molecule has 2 aliphatic heterocycles. The summed E-state index contributed by atoms with van der Waals surface area (Å²) in [6.45, 7) is 3.93. The molecule has 0 saturated carbocycles. The lowest BCUT2D eigenvalue weighted by molar-refractivity contribution is -0.142. The van der Waals surface area contributed by atoms with Crippen LogP contribution >= 0.6 is 12.4 Å². The lowest BCUT2D eigenvalue weighted by Crippen LogP contribution is -2.53. The molecule has 5 nitrogen and oxygen atoms in total. The maximum absolute atomic E-state index is 13.7. The van der Waals surface area contributed by atoms with E-state index < -0.39 is 0 Å². The normalized spacial score (nSPS) is 20.8. The molecule has 2 heterocycles. The minimum atomic E-state index is -0.343. The number of hydrogen-bond acceptors (Lipinski definition) is 3. The van der Waals surface area contributed by atoms with Gasteiger partial charge in [-0.25, -0.2) is 4.39 Å². The molecule has 138 valence electrons. The second-order valence-electron chi connectivity index (χ2n) is 6.52. The van der Waals surface area contributed by atoms with Gasteiger partial charge in [-0.3, -0.25) is 9.59 Å². The molecule has 1 N–H and O–H groups in total. The average Bonchev–Trinajstić information content (AvgIpc) is 2.64. The predicted molar refractivity (Wildman–Crippen MR) is 96.1 cm³/mol. The fourth-order valence-corrected chi connectivity index (χ4v) is 3.41. The van der Waals surface area contributed by atoms with Crippen molar-refractivity contribution in [2.45, 2.75) is 19.3 Å². The first-order chi connectivity index (χ1) is 11.6. The first-order valence-electron chi connectivity index (χ1n) is 8.66. The van der Waals surface area contributed by atoms with Crippen LogP contribution in [0, 0.1) is 11.7 Å². The first-order valence-corrected chi connectivity index (χ1v) is 8.66. The summed E-state index contributed by atoms with van der Waals surface area (Å²) < 4.78 is 13.7. The molecule has 1 unspecified atom stereocenters. The highest BCUT2D eigenvalue weighted by molar-refractivity contribution is 5.85. The van der Waals surface area contributed by atoms with Crippen LogP contribution in [0.4, 0.5) is 4.39 Å². The van der Waals surface area contributed by atoms with E-state index in [0.717, 1.165) is 25.9 Å². The smallest absolute Gasteiger partial charge is 0.227 e. The third-order valence-electron chi connectivity index (χ3n) is 4.89. The largest absolute Gasteiger partial charge is 0.339 e. The van der Waals surface area contributed by atoms with Crippen LogP contribution in [0.2, 0.25) is 0 Å². The van der Waals surface area contributed by atoms with Crippen LogP contribution in [-0.2, 0) is 16.0 Å². The van der Waals surface area contributed by atoms with Crippen molar-refractivity contribution in [3.05, 3.63) is 35.6 Å². The number of piperazine rings is 1. The molecule has 25 heavy (non-hydrogen) atoms. The highest BCUT2D eigenvalue weighted by atomic mass is 35.5. The van der Waals surface area contributed by atoms with Crippen LogP contribution in [0.1, 0.15) is 18.4 Å². The van der Waals surface area contributed by atoms with Crippen molar-refractivity contribution in [3.8, 4) is 0 Å². The Morgan fingerprint density at radius 1 is 1.12 bits per heavy atom. The zero-order valence-electron chi connectivity index (χ0n) is 14.2. The maximum atomic E-state index is 13.7. The third-order valence-corrected chi connectivity index (χ3v) is 4.89. The Bertz CT molecular complexity index is 600. The van der Waals surface area contributed by atoms with Crippen LogP contribution < -0.4 is 5.32 Å². The molecule has 1 aromatic carbocycles. The molecule has 0 aromatic heterocycles. The third kappa shape index (κ3) is 4.92. The van der Waals surface area contributed by atoms with Crippen molar-refractivity contribution in [1.29, 1.82) is 0 Å². The molecule has 0 radical (unpaired) electrons. The number of carbonyl (C=O) groups excluding carboxylic acids is 2. The zero-order chi connectivity index (χ0) is 16.9. The Morgan fingerprint density at radius 3 is 2.44 bits per heavy atom. The van der Waals surface area contributed by atoms with E-state index in [2.05, 4.69) is 5.32 Å². The maximum Gasteiger partial charge on any atom is 0.227 e. The molecule has 2 fully saturated rings. The van der Waals surface area contributed by atoms with Gasteiger partial charge in [-0.05, 0) is 31.0 Å². The lowest BCUT2D eigenvalue weighted by Gasteiger charge is -2.37. The van der Waals surface area contributed by atoms with Gasteiger partial charge in [-0.15, -0.1) is 12.4 Å². The minimum Gasteiger partial charge on any atom is -0.339 e. The van der Waals surface area contributed by atoms with E-state index in [4.69, 9.17) is 0 Å². The van der Waals surface area contributed by atoms with Crippen molar-refractivity contribution < 1.29 is 14.0 Å². The van der Waals surface area contributed by atoms with Crippen LogP contribution in [0.15, 0.2) is 24.3 Å². The summed E-state index contributed by atoms with van der Waals surface area (Å²) in [6.07, 6.45) is 2.06. The molecular weight excluding hydrogens is 345 g/mol. The van der Waals surface area contributed by atoms with Crippen molar-refractivity contribution in [2.24, 2.45) is 5.92 Å². The fourth-order valence-electron chi connectivity index (χ4n) is 3.41. The second-order valence-corrected chi connectivity index (χ2v) is 6.52. The standard InChI is InChI=1S/C18H24FN3O2.ClH/c19-16-6-2-1-4-14(16)12-17(23)21-8-10-22(11-9-21)18(24)15-5-3-7-20-13-15;/h1-2,4,6,15,20H,3,5,7-13H2;1H. The van der Waals surface area contributed by atoms with E-state index in [1.165, 1.54) is 6.07 Å². The van der Waals surface area contributed by atoms with Crippen molar-refractivity contribution in [1.82, 2.24) is 15.1 Å². The molecule has 2 aliphatic rings. The van der Waals surface area contributed by atoms with E-state index in [1.54, 1.807) is 23.1 Å².